The fraction of sp³-hybridized carbons (Fsp3) is 0.800. The van der Waals surface area contributed by atoms with E-state index in [1.807, 2.05) is 0 Å². The van der Waals surface area contributed by atoms with Crippen LogP contribution in [0.25, 0.3) is 0 Å². The fourth-order valence-corrected chi connectivity index (χ4v) is 1.69. The van der Waals surface area contributed by atoms with Gasteiger partial charge in [0.1, 0.15) is 6.10 Å². The van der Waals surface area contributed by atoms with Crippen LogP contribution in [-0.2, 0) is 9.47 Å². The third-order valence-corrected chi connectivity index (χ3v) is 2.68. The summed E-state index contributed by atoms with van der Waals surface area (Å²) in [4.78, 5) is 11.3. The molecule has 0 aliphatic heterocycles. The molecule has 3 nitrogen and oxygen atoms in total. The Balaban J connectivity index is 3.64. The maximum atomic E-state index is 11.3. The number of hydrogen-bond acceptors (Lipinski definition) is 3. The lowest BCUT2D eigenvalue weighted by atomic mass is 10.1. The molecule has 3 heteroatoms. The van der Waals surface area contributed by atoms with Crippen molar-refractivity contribution in [1.82, 2.24) is 0 Å². The zero-order valence-corrected chi connectivity index (χ0v) is 12.1. The first-order chi connectivity index (χ1) is 8.60. The van der Waals surface area contributed by atoms with Gasteiger partial charge in [-0.2, -0.15) is 0 Å². The fourth-order valence-electron chi connectivity index (χ4n) is 1.69. The molecule has 0 fully saturated rings. The van der Waals surface area contributed by atoms with Crippen LogP contribution in [0.15, 0.2) is 12.7 Å². The summed E-state index contributed by atoms with van der Waals surface area (Å²) in [7, 11) is 0. The van der Waals surface area contributed by atoms with E-state index in [1.54, 1.807) is 19.9 Å². The molecule has 0 aliphatic carbocycles. The normalized spacial score (nSPS) is 12.2. The predicted molar refractivity (Wildman–Crippen MR) is 74.7 cm³/mol. The van der Waals surface area contributed by atoms with Gasteiger partial charge in [-0.15, -0.1) is 0 Å². The van der Waals surface area contributed by atoms with Crippen LogP contribution < -0.4 is 0 Å². The number of rotatable bonds is 10. The van der Waals surface area contributed by atoms with Crippen LogP contribution in [0, 0.1) is 0 Å². The summed E-state index contributed by atoms with van der Waals surface area (Å²) in [6, 6.07) is 0. The maximum Gasteiger partial charge on any atom is 0.509 e. The second-order valence-corrected chi connectivity index (χ2v) is 4.87. The van der Waals surface area contributed by atoms with Gasteiger partial charge >= 0.3 is 6.16 Å². The van der Waals surface area contributed by atoms with Gasteiger partial charge in [0.15, 0.2) is 0 Å². The summed E-state index contributed by atoms with van der Waals surface area (Å²) in [6.07, 6.45) is 8.93. The van der Waals surface area contributed by atoms with Gasteiger partial charge in [0, 0.05) is 0 Å². The van der Waals surface area contributed by atoms with Gasteiger partial charge in [-0.25, -0.2) is 4.79 Å². The molecule has 18 heavy (non-hydrogen) atoms. The summed E-state index contributed by atoms with van der Waals surface area (Å²) in [5.74, 6) is 0. The predicted octanol–water partition coefficient (Wildman–Crippen LogP) is 4.85. The molecule has 1 unspecified atom stereocenters. The van der Waals surface area contributed by atoms with E-state index in [0.29, 0.717) is 0 Å². The van der Waals surface area contributed by atoms with Crippen molar-refractivity contribution in [3.8, 4) is 0 Å². The summed E-state index contributed by atoms with van der Waals surface area (Å²) in [5.41, 5.74) is 0. The van der Waals surface area contributed by atoms with Crippen LogP contribution in [0.2, 0.25) is 0 Å². The molecule has 0 saturated heterocycles. The smallest absolute Gasteiger partial charge is 0.432 e. The van der Waals surface area contributed by atoms with Crippen LogP contribution in [0.5, 0.6) is 0 Å². The summed E-state index contributed by atoms with van der Waals surface area (Å²) in [6.45, 7) is 9.51. The van der Waals surface area contributed by atoms with Gasteiger partial charge in [-0.05, 0) is 26.7 Å². The van der Waals surface area contributed by atoms with Gasteiger partial charge in [-0.3, -0.25) is 0 Å². The van der Waals surface area contributed by atoms with Crippen molar-refractivity contribution in [1.29, 1.82) is 0 Å². The molecular weight excluding hydrogens is 228 g/mol. The molecule has 0 bridgehead atoms. The minimum atomic E-state index is -0.596. The largest absolute Gasteiger partial charge is 0.509 e. The Labute approximate surface area is 112 Å². The van der Waals surface area contributed by atoms with E-state index in [2.05, 4.69) is 13.5 Å². The van der Waals surface area contributed by atoms with Crippen LogP contribution in [-0.4, -0.2) is 18.4 Å². The van der Waals surface area contributed by atoms with Crippen LogP contribution in [0.3, 0.4) is 0 Å². The Morgan fingerprint density at radius 1 is 1.11 bits per heavy atom. The van der Waals surface area contributed by atoms with E-state index in [9.17, 15) is 4.79 Å². The Morgan fingerprint density at radius 3 is 2.28 bits per heavy atom. The van der Waals surface area contributed by atoms with Crippen molar-refractivity contribution in [2.24, 2.45) is 0 Å². The molecule has 0 heterocycles. The second-order valence-electron chi connectivity index (χ2n) is 4.87. The molecule has 0 aliphatic rings. The van der Waals surface area contributed by atoms with Crippen molar-refractivity contribution in [3.63, 3.8) is 0 Å². The van der Waals surface area contributed by atoms with Gasteiger partial charge in [0.2, 0.25) is 0 Å². The molecule has 0 spiro atoms. The van der Waals surface area contributed by atoms with Gasteiger partial charge in [0.05, 0.1) is 6.10 Å². The van der Waals surface area contributed by atoms with Crippen molar-refractivity contribution in [2.45, 2.75) is 77.9 Å². The molecule has 0 radical (unpaired) electrons. The van der Waals surface area contributed by atoms with Gasteiger partial charge in [-0.1, -0.05) is 51.7 Å². The highest BCUT2D eigenvalue weighted by Gasteiger charge is 2.13. The first kappa shape index (κ1) is 17.0. The average molecular weight is 256 g/mol. The van der Waals surface area contributed by atoms with Crippen LogP contribution in [0.1, 0.15) is 65.7 Å². The first-order valence-electron chi connectivity index (χ1n) is 7.10. The molecule has 106 valence electrons. The lowest BCUT2D eigenvalue weighted by Gasteiger charge is -2.15. The minimum Gasteiger partial charge on any atom is -0.432 e. The Morgan fingerprint density at radius 2 is 1.72 bits per heavy atom. The molecule has 0 N–H and O–H groups in total. The lowest BCUT2D eigenvalue weighted by molar-refractivity contribution is 0.0167. The van der Waals surface area contributed by atoms with Crippen molar-refractivity contribution < 1.29 is 14.3 Å². The number of unbranched alkanes of at least 4 members (excludes halogenated alkanes) is 5. The monoisotopic (exact) mass is 256 g/mol. The molecule has 0 aromatic carbocycles. The molecule has 1 atom stereocenters. The number of carbonyl (C=O) groups is 1. The van der Waals surface area contributed by atoms with E-state index in [0.717, 1.165) is 12.8 Å². The Kier molecular flexibility index (Phi) is 10.5. The molecule has 0 aromatic rings. The van der Waals surface area contributed by atoms with Gasteiger partial charge < -0.3 is 9.47 Å². The van der Waals surface area contributed by atoms with E-state index < -0.39 is 6.16 Å². The van der Waals surface area contributed by atoms with Crippen molar-refractivity contribution in [3.05, 3.63) is 12.7 Å². The SMILES string of the molecule is C=CC(CCCCCCCC)OC(=O)OC(C)C. The van der Waals surface area contributed by atoms with Crippen LogP contribution in [0.4, 0.5) is 4.79 Å². The molecular formula is C15H28O3. The van der Waals surface area contributed by atoms with E-state index in [1.165, 1.54) is 32.1 Å². The Hall–Kier alpha value is -0.990. The molecule has 0 saturated carbocycles. The Bertz CT molecular complexity index is 224. The van der Waals surface area contributed by atoms with Crippen LogP contribution >= 0.6 is 0 Å². The third-order valence-electron chi connectivity index (χ3n) is 2.68. The average Bonchev–Trinajstić information content (AvgIpc) is 2.31. The third kappa shape index (κ3) is 10.2. The quantitative estimate of drug-likeness (QED) is 0.318. The number of ether oxygens (including phenoxy) is 2. The second kappa shape index (κ2) is 11.1. The molecule has 0 amide bonds. The standard InChI is InChI=1S/C15H28O3/c1-5-7-8-9-10-11-12-14(6-2)18-15(16)17-13(3)4/h6,13-14H,2,5,7-12H2,1,3-4H3. The van der Waals surface area contributed by atoms with E-state index in [4.69, 9.17) is 9.47 Å². The summed E-state index contributed by atoms with van der Waals surface area (Å²) in [5, 5.41) is 0. The van der Waals surface area contributed by atoms with Gasteiger partial charge in [0.25, 0.3) is 0 Å². The van der Waals surface area contributed by atoms with Crippen molar-refractivity contribution in [2.75, 3.05) is 0 Å². The lowest BCUT2D eigenvalue weighted by Crippen LogP contribution is -2.19. The topological polar surface area (TPSA) is 35.5 Å². The number of hydrogen-bond donors (Lipinski definition) is 0. The highest BCUT2D eigenvalue weighted by Crippen LogP contribution is 2.12. The highest BCUT2D eigenvalue weighted by molar-refractivity contribution is 5.60. The zero-order chi connectivity index (χ0) is 13.8. The summed E-state index contributed by atoms with van der Waals surface area (Å²) < 4.78 is 10.1. The minimum absolute atomic E-state index is 0.142. The number of carbonyl (C=O) groups excluding carboxylic acids is 1. The molecule has 0 aromatic heterocycles. The first-order valence-corrected chi connectivity index (χ1v) is 7.10. The van der Waals surface area contributed by atoms with E-state index in [-0.39, 0.29) is 12.2 Å². The zero-order valence-electron chi connectivity index (χ0n) is 12.1. The maximum absolute atomic E-state index is 11.3. The van der Waals surface area contributed by atoms with Crippen molar-refractivity contribution >= 4 is 6.16 Å². The highest BCUT2D eigenvalue weighted by atomic mass is 16.7. The van der Waals surface area contributed by atoms with E-state index >= 15 is 0 Å². The molecule has 0 rings (SSSR count). The summed E-state index contributed by atoms with van der Waals surface area (Å²) >= 11 is 0.